The quantitative estimate of drug-likeness (QED) is 0.789. The van der Waals surface area contributed by atoms with E-state index in [1.54, 1.807) is 6.07 Å². The summed E-state index contributed by atoms with van der Waals surface area (Å²) in [5, 5.41) is 25.2. The predicted molar refractivity (Wildman–Crippen MR) is 113 cm³/mol. The molecule has 2 aromatic heterocycles. The summed E-state index contributed by atoms with van der Waals surface area (Å²) in [4.78, 5) is 18.7. The van der Waals surface area contributed by atoms with Crippen LogP contribution >= 0.6 is 0 Å². The van der Waals surface area contributed by atoms with E-state index >= 15 is 0 Å². The molecular formula is C22H32N4O3. The minimum atomic E-state index is -0.999. The number of aromatic nitrogens is 3. The number of carboxylic acids is 1. The number of fused-ring (bicyclic) bond motifs is 1. The number of rotatable bonds is 5. The van der Waals surface area contributed by atoms with E-state index in [-0.39, 0.29) is 18.2 Å². The summed E-state index contributed by atoms with van der Waals surface area (Å²) in [5.41, 5.74) is 2.76. The Kier molecular flexibility index (Phi) is 5.76. The maximum absolute atomic E-state index is 11.9. The van der Waals surface area contributed by atoms with Crippen molar-refractivity contribution < 1.29 is 15.0 Å². The molecule has 3 heterocycles. The molecule has 1 aliphatic heterocycles. The Morgan fingerprint density at radius 2 is 1.86 bits per heavy atom. The minimum Gasteiger partial charge on any atom is -0.477 e. The molecule has 1 saturated heterocycles. The second kappa shape index (κ2) is 8.30. The molecule has 1 saturated carbocycles. The van der Waals surface area contributed by atoms with Crippen LogP contribution in [0.3, 0.4) is 0 Å². The van der Waals surface area contributed by atoms with Crippen LogP contribution in [0.5, 0.6) is 0 Å². The summed E-state index contributed by atoms with van der Waals surface area (Å²) in [6.07, 6.45) is 7.60. The molecule has 0 aromatic carbocycles. The van der Waals surface area contributed by atoms with E-state index in [4.69, 9.17) is 5.10 Å². The Balaban J connectivity index is 1.87. The fraction of sp³-hybridized carbons (Fsp3) is 0.682. The molecular weight excluding hydrogens is 368 g/mol. The molecule has 2 fully saturated rings. The number of pyridine rings is 1. The first-order valence-corrected chi connectivity index (χ1v) is 11.0. The lowest BCUT2D eigenvalue weighted by Crippen LogP contribution is -2.35. The molecule has 4 rings (SSSR count). The van der Waals surface area contributed by atoms with Crippen LogP contribution in [-0.4, -0.2) is 50.6 Å². The molecule has 2 N–H and O–H groups in total. The van der Waals surface area contributed by atoms with Crippen molar-refractivity contribution in [2.75, 3.05) is 24.6 Å². The van der Waals surface area contributed by atoms with Crippen molar-refractivity contribution in [2.45, 2.75) is 70.8 Å². The monoisotopic (exact) mass is 400 g/mol. The Morgan fingerprint density at radius 3 is 2.45 bits per heavy atom. The standard InChI is InChI=1S/C22H32N4O3/c1-14(2)20-19-18(25-10-8-15(13-27)9-11-25)12-17(22(28)29)23-21(19)26(24-20)16-6-4-3-5-7-16/h12,14-16,27H,3-11,13H2,1-2H3,(H,28,29). The number of piperidine rings is 1. The zero-order chi connectivity index (χ0) is 20.5. The number of hydrogen-bond acceptors (Lipinski definition) is 5. The minimum absolute atomic E-state index is 0.0871. The number of aliphatic hydroxyl groups excluding tert-OH is 1. The van der Waals surface area contributed by atoms with Gasteiger partial charge in [0.2, 0.25) is 0 Å². The van der Waals surface area contributed by atoms with Gasteiger partial charge in [0.15, 0.2) is 11.3 Å². The van der Waals surface area contributed by atoms with E-state index in [2.05, 4.69) is 23.7 Å². The van der Waals surface area contributed by atoms with Crippen LogP contribution in [-0.2, 0) is 0 Å². The predicted octanol–water partition coefficient (Wildman–Crippen LogP) is 3.97. The highest BCUT2D eigenvalue weighted by Gasteiger charge is 2.29. The molecule has 2 aromatic rings. The molecule has 158 valence electrons. The molecule has 29 heavy (non-hydrogen) atoms. The Morgan fingerprint density at radius 1 is 1.17 bits per heavy atom. The van der Waals surface area contributed by atoms with Crippen LogP contribution in [0.1, 0.15) is 86.9 Å². The summed E-state index contributed by atoms with van der Waals surface area (Å²) in [7, 11) is 0. The Labute approximate surface area is 171 Å². The van der Waals surface area contributed by atoms with Gasteiger partial charge in [-0.25, -0.2) is 14.5 Å². The lowest BCUT2D eigenvalue weighted by atomic mass is 9.95. The third kappa shape index (κ3) is 3.84. The number of carboxylic acid groups (broad SMARTS) is 1. The molecule has 0 radical (unpaired) electrons. The highest BCUT2D eigenvalue weighted by Crippen LogP contribution is 2.38. The van der Waals surface area contributed by atoms with Crippen molar-refractivity contribution in [1.82, 2.24) is 14.8 Å². The van der Waals surface area contributed by atoms with E-state index in [1.165, 1.54) is 19.3 Å². The number of aromatic carboxylic acids is 1. The van der Waals surface area contributed by atoms with Gasteiger partial charge in [-0.1, -0.05) is 33.1 Å². The molecule has 0 bridgehead atoms. The molecule has 7 heteroatoms. The molecule has 0 atom stereocenters. The maximum Gasteiger partial charge on any atom is 0.354 e. The van der Waals surface area contributed by atoms with Gasteiger partial charge < -0.3 is 15.1 Å². The van der Waals surface area contributed by atoms with Gasteiger partial charge in [0, 0.05) is 19.7 Å². The third-order valence-corrected chi connectivity index (χ3v) is 6.57. The fourth-order valence-electron chi connectivity index (χ4n) is 4.84. The summed E-state index contributed by atoms with van der Waals surface area (Å²) in [6.45, 7) is 6.13. The van der Waals surface area contributed by atoms with E-state index in [1.807, 2.05) is 4.68 Å². The number of anilines is 1. The Hall–Kier alpha value is -2.15. The first kappa shape index (κ1) is 20.1. The molecule has 1 aliphatic carbocycles. The third-order valence-electron chi connectivity index (χ3n) is 6.57. The van der Waals surface area contributed by atoms with Crippen molar-refractivity contribution in [2.24, 2.45) is 5.92 Å². The highest BCUT2D eigenvalue weighted by atomic mass is 16.4. The molecule has 7 nitrogen and oxygen atoms in total. The average molecular weight is 401 g/mol. The van der Waals surface area contributed by atoms with Crippen LogP contribution in [0, 0.1) is 5.92 Å². The van der Waals surface area contributed by atoms with E-state index in [9.17, 15) is 15.0 Å². The highest BCUT2D eigenvalue weighted by molar-refractivity contribution is 5.98. The van der Waals surface area contributed by atoms with Gasteiger partial charge in [0.05, 0.1) is 22.8 Å². The maximum atomic E-state index is 11.9. The van der Waals surface area contributed by atoms with Crippen molar-refractivity contribution in [3.8, 4) is 0 Å². The lowest BCUT2D eigenvalue weighted by Gasteiger charge is -2.33. The molecule has 0 amide bonds. The average Bonchev–Trinajstić information content (AvgIpc) is 3.14. The first-order valence-electron chi connectivity index (χ1n) is 11.0. The molecule has 0 unspecified atom stereocenters. The second-order valence-electron chi connectivity index (χ2n) is 8.92. The number of carbonyl (C=O) groups is 1. The second-order valence-corrected chi connectivity index (χ2v) is 8.92. The summed E-state index contributed by atoms with van der Waals surface area (Å²) >= 11 is 0. The Bertz CT molecular complexity index is 878. The number of aliphatic hydroxyl groups is 1. The summed E-state index contributed by atoms with van der Waals surface area (Å²) in [5.74, 6) is -0.438. The van der Waals surface area contributed by atoms with E-state index in [0.717, 1.165) is 61.2 Å². The van der Waals surface area contributed by atoms with Gasteiger partial charge in [0.25, 0.3) is 0 Å². The van der Waals surface area contributed by atoms with Crippen LogP contribution in [0.15, 0.2) is 6.07 Å². The van der Waals surface area contributed by atoms with E-state index < -0.39 is 5.97 Å². The van der Waals surface area contributed by atoms with Crippen molar-refractivity contribution >= 4 is 22.7 Å². The molecule has 0 spiro atoms. The van der Waals surface area contributed by atoms with Gasteiger partial charge in [-0.05, 0) is 43.6 Å². The largest absolute Gasteiger partial charge is 0.477 e. The first-order chi connectivity index (χ1) is 14.0. The number of nitrogens with zero attached hydrogens (tertiary/aromatic N) is 4. The van der Waals surface area contributed by atoms with Gasteiger partial charge in [0.1, 0.15) is 0 Å². The SMILES string of the molecule is CC(C)c1nn(C2CCCCC2)c2nc(C(=O)O)cc(N3CCC(CO)CC3)c12. The fourth-order valence-corrected chi connectivity index (χ4v) is 4.84. The van der Waals surface area contributed by atoms with Crippen molar-refractivity contribution in [3.05, 3.63) is 17.5 Å². The van der Waals surface area contributed by atoms with Crippen LogP contribution in [0.2, 0.25) is 0 Å². The van der Waals surface area contributed by atoms with Crippen molar-refractivity contribution in [1.29, 1.82) is 0 Å². The van der Waals surface area contributed by atoms with Crippen molar-refractivity contribution in [3.63, 3.8) is 0 Å². The zero-order valence-corrected chi connectivity index (χ0v) is 17.5. The van der Waals surface area contributed by atoms with Gasteiger partial charge in [-0.15, -0.1) is 0 Å². The van der Waals surface area contributed by atoms with Crippen LogP contribution < -0.4 is 4.90 Å². The van der Waals surface area contributed by atoms with Crippen LogP contribution in [0.25, 0.3) is 11.0 Å². The zero-order valence-electron chi connectivity index (χ0n) is 17.5. The van der Waals surface area contributed by atoms with E-state index in [0.29, 0.717) is 12.0 Å². The summed E-state index contributed by atoms with van der Waals surface area (Å²) < 4.78 is 2.03. The summed E-state index contributed by atoms with van der Waals surface area (Å²) in [6, 6.07) is 2.02. The van der Waals surface area contributed by atoms with Gasteiger partial charge >= 0.3 is 5.97 Å². The van der Waals surface area contributed by atoms with Crippen LogP contribution in [0.4, 0.5) is 5.69 Å². The smallest absolute Gasteiger partial charge is 0.354 e. The topological polar surface area (TPSA) is 91.5 Å². The number of hydrogen-bond donors (Lipinski definition) is 2. The van der Waals surface area contributed by atoms with Gasteiger partial charge in [-0.3, -0.25) is 0 Å². The lowest BCUT2D eigenvalue weighted by molar-refractivity contribution is 0.0691. The van der Waals surface area contributed by atoms with Gasteiger partial charge in [-0.2, -0.15) is 5.10 Å². The molecule has 2 aliphatic rings. The normalized spacial score (nSPS) is 19.4.